The van der Waals surface area contributed by atoms with Gasteiger partial charge in [-0.15, -0.1) is 0 Å². The summed E-state index contributed by atoms with van der Waals surface area (Å²) in [7, 11) is 0. The van der Waals surface area contributed by atoms with Crippen molar-refractivity contribution in [3.05, 3.63) is 29.7 Å². The van der Waals surface area contributed by atoms with Gasteiger partial charge >= 0.3 is 5.97 Å². The molecule has 3 heterocycles. The molecule has 0 spiro atoms. The molecule has 1 aliphatic rings. The van der Waals surface area contributed by atoms with Crippen LogP contribution in [0.3, 0.4) is 0 Å². The zero-order chi connectivity index (χ0) is 15.0. The molecular weight excluding hydrogens is 276 g/mol. The molecule has 0 aromatic carbocycles. The number of aromatic nitrogens is 3. The van der Waals surface area contributed by atoms with E-state index in [1.807, 2.05) is 0 Å². The van der Waals surface area contributed by atoms with Crippen LogP contribution in [0.2, 0.25) is 0 Å². The Labute approximate surface area is 119 Å². The highest BCUT2D eigenvalue weighted by Crippen LogP contribution is 2.20. The van der Waals surface area contributed by atoms with E-state index >= 15 is 0 Å². The van der Waals surface area contributed by atoms with Gasteiger partial charge in [0.1, 0.15) is 5.56 Å². The lowest BCUT2D eigenvalue weighted by Crippen LogP contribution is -2.55. The summed E-state index contributed by atoms with van der Waals surface area (Å²) in [6.07, 6.45) is 3.31. The minimum absolute atomic E-state index is 0.0419. The molecule has 0 aliphatic carbocycles. The zero-order valence-corrected chi connectivity index (χ0v) is 11.4. The number of carbonyl (C=O) groups is 2. The number of carbonyl (C=O) groups excluding carboxylic acids is 1. The van der Waals surface area contributed by atoms with Crippen molar-refractivity contribution < 1.29 is 19.4 Å². The molecule has 3 rings (SSSR count). The van der Waals surface area contributed by atoms with E-state index < -0.39 is 17.4 Å². The number of nitrogens with one attached hydrogen (secondary N) is 1. The molecule has 1 fully saturated rings. The summed E-state index contributed by atoms with van der Waals surface area (Å²) in [6.45, 7) is 2.07. The number of aryl methyl sites for hydroxylation is 1. The Hall–Kier alpha value is -2.48. The largest absolute Gasteiger partial charge is 0.479 e. The molecule has 1 unspecified atom stereocenters. The molecule has 21 heavy (non-hydrogen) atoms. The number of amides is 1. The second kappa shape index (κ2) is 4.81. The molecule has 0 radical (unpaired) electrons. The van der Waals surface area contributed by atoms with Crippen LogP contribution in [0.25, 0.3) is 5.65 Å². The number of aliphatic carboxylic acids is 1. The van der Waals surface area contributed by atoms with E-state index in [1.54, 1.807) is 19.2 Å². The smallest absolute Gasteiger partial charge is 0.331 e. The summed E-state index contributed by atoms with van der Waals surface area (Å²) in [5, 5.41) is 15.9. The Kier molecular flexibility index (Phi) is 3.09. The first-order valence-electron chi connectivity index (χ1n) is 6.46. The second-order valence-electron chi connectivity index (χ2n) is 5.04. The molecular formula is C13H14N4O4. The van der Waals surface area contributed by atoms with Crippen LogP contribution in [0.1, 0.15) is 22.5 Å². The van der Waals surface area contributed by atoms with Gasteiger partial charge in [0.15, 0.2) is 11.2 Å². The van der Waals surface area contributed by atoms with Gasteiger partial charge in [-0.25, -0.2) is 14.3 Å². The van der Waals surface area contributed by atoms with E-state index in [0.717, 1.165) is 5.69 Å². The van der Waals surface area contributed by atoms with Crippen LogP contribution in [0.15, 0.2) is 18.5 Å². The van der Waals surface area contributed by atoms with Crippen molar-refractivity contribution in [3.63, 3.8) is 0 Å². The first-order valence-corrected chi connectivity index (χ1v) is 6.46. The number of hydrogen-bond acceptors (Lipinski definition) is 5. The van der Waals surface area contributed by atoms with E-state index in [4.69, 9.17) is 4.74 Å². The van der Waals surface area contributed by atoms with Gasteiger partial charge in [0, 0.05) is 24.9 Å². The number of ether oxygens (including phenoxy) is 1. The molecule has 1 saturated heterocycles. The van der Waals surface area contributed by atoms with E-state index in [1.165, 1.54) is 10.7 Å². The molecule has 0 bridgehead atoms. The van der Waals surface area contributed by atoms with Gasteiger partial charge in [0.05, 0.1) is 12.8 Å². The Bertz CT molecular complexity index is 718. The fraction of sp³-hybridized carbons (Fsp3) is 0.385. The van der Waals surface area contributed by atoms with Crippen LogP contribution in [-0.2, 0) is 9.53 Å². The third-order valence-electron chi connectivity index (χ3n) is 3.54. The normalized spacial score (nSPS) is 21.6. The predicted molar refractivity (Wildman–Crippen MR) is 71.0 cm³/mol. The van der Waals surface area contributed by atoms with Gasteiger partial charge in [-0.05, 0) is 13.0 Å². The summed E-state index contributed by atoms with van der Waals surface area (Å²) >= 11 is 0. The lowest BCUT2D eigenvalue weighted by molar-refractivity contribution is -0.144. The van der Waals surface area contributed by atoms with Gasteiger partial charge < -0.3 is 15.2 Å². The molecule has 2 aromatic heterocycles. The summed E-state index contributed by atoms with van der Waals surface area (Å²) in [6, 6.07) is 1.77. The number of hydrogen-bond donors (Lipinski definition) is 2. The summed E-state index contributed by atoms with van der Waals surface area (Å²) < 4.78 is 6.59. The van der Waals surface area contributed by atoms with E-state index in [2.05, 4.69) is 15.4 Å². The van der Waals surface area contributed by atoms with E-state index in [0.29, 0.717) is 12.3 Å². The maximum Gasteiger partial charge on any atom is 0.331 e. The van der Waals surface area contributed by atoms with Crippen molar-refractivity contribution in [2.75, 3.05) is 13.2 Å². The zero-order valence-electron chi connectivity index (χ0n) is 11.4. The minimum atomic E-state index is -1.38. The van der Waals surface area contributed by atoms with Crippen molar-refractivity contribution in [3.8, 4) is 0 Å². The van der Waals surface area contributed by atoms with Crippen molar-refractivity contribution in [2.24, 2.45) is 0 Å². The maximum atomic E-state index is 12.4. The summed E-state index contributed by atoms with van der Waals surface area (Å²) in [4.78, 5) is 28.0. The Morgan fingerprint density at radius 3 is 3.00 bits per heavy atom. The van der Waals surface area contributed by atoms with Gasteiger partial charge in [0.2, 0.25) is 0 Å². The molecule has 2 N–H and O–H groups in total. The highest BCUT2D eigenvalue weighted by atomic mass is 16.5. The number of fused-ring (bicyclic) bond motifs is 1. The predicted octanol–water partition coefficient (Wildman–Crippen LogP) is 0.0112. The lowest BCUT2D eigenvalue weighted by atomic mass is 9.98. The third kappa shape index (κ3) is 2.23. The van der Waals surface area contributed by atoms with Crippen LogP contribution >= 0.6 is 0 Å². The topological polar surface area (TPSA) is 106 Å². The van der Waals surface area contributed by atoms with Crippen molar-refractivity contribution in [1.29, 1.82) is 0 Å². The van der Waals surface area contributed by atoms with Gasteiger partial charge in [-0.2, -0.15) is 5.10 Å². The van der Waals surface area contributed by atoms with Crippen LogP contribution in [-0.4, -0.2) is 50.3 Å². The molecule has 110 valence electrons. The van der Waals surface area contributed by atoms with Crippen LogP contribution in [0.4, 0.5) is 0 Å². The number of rotatable bonds is 3. The van der Waals surface area contributed by atoms with E-state index in [9.17, 15) is 14.7 Å². The monoisotopic (exact) mass is 290 g/mol. The standard InChI is InChI=1S/C13H14N4O4/c1-8-2-4-17-10(15-8)9(6-14-17)11(18)16-13(12(19)20)3-5-21-7-13/h2,4,6H,3,5,7H2,1H3,(H,16,18)(H,19,20). The lowest BCUT2D eigenvalue weighted by Gasteiger charge is -2.23. The van der Waals surface area contributed by atoms with Crippen LogP contribution < -0.4 is 5.32 Å². The number of nitrogens with zero attached hydrogens (tertiary/aromatic N) is 3. The highest BCUT2D eigenvalue weighted by molar-refractivity contribution is 6.02. The van der Waals surface area contributed by atoms with Crippen molar-refractivity contribution in [1.82, 2.24) is 19.9 Å². The number of carboxylic acid groups (broad SMARTS) is 1. The maximum absolute atomic E-state index is 12.4. The average molecular weight is 290 g/mol. The second-order valence-corrected chi connectivity index (χ2v) is 5.04. The quantitative estimate of drug-likeness (QED) is 0.825. The molecule has 1 amide bonds. The Morgan fingerprint density at radius 2 is 2.33 bits per heavy atom. The highest BCUT2D eigenvalue weighted by Gasteiger charge is 2.44. The fourth-order valence-electron chi connectivity index (χ4n) is 2.29. The number of carboxylic acids is 1. The Balaban J connectivity index is 1.94. The molecule has 1 aliphatic heterocycles. The first-order chi connectivity index (χ1) is 10.0. The van der Waals surface area contributed by atoms with Crippen LogP contribution in [0, 0.1) is 6.92 Å². The van der Waals surface area contributed by atoms with Gasteiger partial charge in [-0.3, -0.25) is 4.79 Å². The molecule has 8 heteroatoms. The first kappa shape index (κ1) is 13.5. The summed E-state index contributed by atoms with van der Waals surface area (Å²) in [5.41, 5.74) is 0.00204. The molecule has 1 atom stereocenters. The third-order valence-corrected chi connectivity index (χ3v) is 3.54. The Morgan fingerprint density at radius 1 is 1.52 bits per heavy atom. The van der Waals surface area contributed by atoms with Crippen molar-refractivity contribution >= 4 is 17.5 Å². The molecule has 0 saturated carbocycles. The summed E-state index contributed by atoms with van der Waals surface area (Å²) in [5.74, 6) is -1.62. The van der Waals surface area contributed by atoms with E-state index in [-0.39, 0.29) is 18.6 Å². The molecule has 8 nitrogen and oxygen atoms in total. The van der Waals surface area contributed by atoms with Gasteiger partial charge in [0.25, 0.3) is 5.91 Å². The van der Waals surface area contributed by atoms with Crippen molar-refractivity contribution in [2.45, 2.75) is 18.9 Å². The van der Waals surface area contributed by atoms with Gasteiger partial charge in [-0.1, -0.05) is 0 Å². The minimum Gasteiger partial charge on any atom is -0.479 e. The molecule has 2 aromatic rings. The fourth-order valence-corrected chi connectivity index (χ4v) is 2.29. The van der Waals surface area contributed by atoms with Crippen LogP contribution in [0.5, 0.6) is 0 Å². The average Bonchev–Trinajstić information content (AvgIpc) is 3.05. The SMILES string of the molecule is Cc1ccn2ncc(C(=O)NC3(C(=O)O)CCOC3)c2n1.